The molecule has 0 unspecified atom stereocenters. The van der Waals surface area contributed by atoms with Crippen molar-refractivity contribution in [2.75, 3.05) is 26.7 Å². The number of ether oxygens (including phenoxy) is 1. The van der Waals surface area contributed by atoms with Gasteiger partial charge in [-0.15, -0.1) is 0 Å². The van der Waals surface area contributed by atoms with Crippen LogP contribution in [-0.2, 0) is 33.5 Å². The van der Waals surface area contributed by atoms with E-state index in [0.29, 0.717) is 18.5 Å². The molecule has 4 rings (SSSR count). The average molecular weight is 504 g/mol. The highest BCUT2D eigenvalue weighted by atomic mass is 19.4. The molecule has 9 heteroatoms. The summed E-state index contributed by atoms with van der Waals surface area (Å²) in [6.07, 6.45) is -2.37. The number of methoxy groups -OCH3 is 1. The monoisotopic (exact) mass is 503 g/mol. The molecule has 36 heavy (non-hydrogen) atoms. The third-order valence-electron chi connectivity index (χ3n) is 7.07. The van der Waals surface area contributed by atoms with E-state index < -0.39 is 17.8 Å². The van der Waals surface area contributed by atoms with Crippen LogP contribution in [0.15, 0.2) is 54.6 Å². The zero-order valence-electron chi connectivity index (χ0n) is 20.3. The standard InChI is InChI=1S/C27H32F3N3O3/c1-36-26(35)24-16-22(31-25(34)15-20-8-5-9-21(14-20)27(28,29)30)18-33(24)23-10-12-32(13-11-23)17-19-6-3-2-4-7-19/h2-9,14,22-24H,10-13,15-18H2,1H3,(H,31,34)/t22-,24+/m1/s1. The summed E-state index contributed by atoms with van der Waals surface area (Å²) in [5.74, 6) is -0.682. The minimum Gasteiger partial charge on any atom is -0.468 e. The molecule has 1 N–H and O–H groups in total. The maximum atomic E-state index is 13.0. The van der Waals surface area contributed by atoms with Crippen LogP contribution in [0.2, 0.25) is 0 Å². The predicted octanol–water partition coefficient (Wildman–Crippen LogP) is 3.64. The maximum Gasteiger partial charge on any atom is 0.416 e. The lowest BCUT2D eigenvalue weighted by atomic mass is 10.0. The van der Waals surface area contributed by atoms with Gasteiger partial charge < -0.3 is 10.1 Å². The number of hydrogen-bond donors (Lipinski definition) is 1. The first-order chi connectivity index (χ1) is 17.2. The van der Waals surface area contributed by atoms with Crippen molar-refractivity contribution in [3.63, 3.8) is 0 Å². The van der Waals surface area contributed by atoms with E-state index in [4.69, 9.17) is 4.74 Å². The Kier molecular flexibility index (Phi) is 8.31. The van der Waals surface area contributed by atoms with Crippen molar-refractivity contribution in [3.05, 3.63) is 71.3 Å². The molecule has 1 amide bonds. The summed E-state index contributed by atoms with van der Waals surface area (Å²) in [5, 5.41) is 2.92. The van der Waals surface area contributed by atoms with Gasteiger partial charge in [-0.3, -0.25) is 19.4 Å². The molecule has 0 aliphatic carbocycles. The molecule has 2 aromatic carbocycles. The summed E-state index contributed by atoms with van der Waals surface area (Å²) in [7, 11) is 1.36. The minimum absolute atomic E-state index is 0.152. The van der Waals surface area contributed by atoms with Gasteiger partial charge in [0, 0.05) is 25.2 Å². The summed E-state index contributed by atoms with van der Waals surface area (Å²) in [4.78, 5) is 29.7. The molecule has 2 heterocycles. The van der Waals surface area contributed by atoms with Crippen LogP contribution < -0.4 is 5.32 Å². The van der Waals surface area contributed by atoms with Crippen molar-refractivity contribution in [3.8, 4) is 0 Å². The lowest BCUT2D eigenvalue weighted by molar-refractivity contribution is -0.147. The molecule has 2 aliphatic rings. The van der Waals surface area contributed by atoms with Crippen molar-refractivity contribution >= 4 is 11.9 Å². The van der Waals surface area contributed by atoms with Gasteiger partial charge in [-0.2, -0.15) is 13.2 Å². The van der Waals surface area contributed by atoms with Crippen LogP contribution in [0.5, 0.6) is 0 Å². The van der Waals surface area contributed by atoms with E-state index in [2.05, 4.69) is 27.2 Å². The quantitative estimate of drug-likeness (QED) is 0.585. The highest BCUT2D eigenvalue weighted by Crippen LogP contribution is 2.30. The van der Waals surface area contributed by atoms with Gasteiger partial charge in [-0.05, 0) is 49.5 Å². The molecule has 2 aliphatic heterocycles. The second-order valence-corrected chi connectivity index (χ2v) is 9.60. The van der Waals surface area contributed by atoms with E-state index in [1.165, 1.54) is 24.8 Å². The minimum atomic E-state index is -4.46. The first-order valence-corrected chi connectivity index (χ1v) is 12.3. The summed E-state index contributed by atoms with van der Waals surface area (Å²) < 4.78 is 44.0. The Labute approximate surface area is 209 Å². The van der Waals surface area contributed by atoms with Crippen LogP contribution >= 0.6 is 0 Å². The van der Waals surface area contributed by atoms with Crippen LogP contribution in [0, 0.1) is 0 Å². The van der Waals surface area contributed by atoms with Gasteiger partial charge in [0.15, 0.2) is 0 Å². The van der Waals surface area contributed by atoms with E-state index in [9.17, 15) is 22.8 Å². The van der Waals surface area contributed by atoms with Crippen LogP contribution in [0.25, 0.3) is 0 Å². The van der Waals surface area contributed by atoms with Gasteiger partial charge in [-0.1, -0.05) is 48.5 Å². The Hall–Kier alpha value is -2.91. The number of esters is 1. The number of rotatable bonds is 7. The van der Waals surface area contributed by atoms with Crippen LogP contribution in [-0.4, -0.2) is 66.5 Å². The molecule has 2 aromatic rings. The number of nitrogens with zero attached hydrogens (tertiary/aromatic N) is 2. The molecular formula is C27H32F3N3O3. The van der Waals surface area contributed by atoms with Crippen LogP contribution in [0.4, 0.5) is 13.2 Å². The van der Waals surface area contributed by atoms with Crippen molar-refractivity contribution in [2.45, 2.75) is 56.5 Å². The topological polar surface area (TPSA) is 61.9 Å². The first kappa shape index (κ1) is 26.2. The van der Waals surface area contributed by atoms with Crippen molar-refractivity contribution in [1.82, 2.24) is 15.1 Å². The Morgan fingerprint density at radius 1 is 1.03 bits per heavy atom. The van der Waals surface area contributed by atoms with Gasteiger partial charge >= 0.3 is 12.1 Å². The average Bonchev–Trinajstić information content (AvgIpc) is 3.28. The lowest BCUT2D eigenvalue weighted by Gasteiger charge is -2.38. The summed E-state index contributed by atoms with van der Waals surface area (Å²) >= 11 is 0. The number of likely N-dealkylation sites (tertiary alicyclic amines) is 2. The number of hydrogen-bond acceptors (Lipinski definition) is 5. The molecule has 6 nitrogen and oxygen atoms in total. The maximum absolute atomic E-state index is 13.0. The molecule has 0 aromatic heterocycles. The fourth-order valence-electron chi connectivity index (χ4n) is 5.31. The van der Waals surface area contributed by atoms with E-state index in [-0.39, 0.29) is 30.4 Å². The smallest absolute Gasteiger partial charge is 0.416 e. The van der Waals surface area contributed by atoms with E-state index in [1.54, 1.807) is 0 Å². The second-order valence-electron chi connectivity index (χ2n) is 9.60. The number of carbonyl (C=O) groups excluding carboxylic acids is 2. The first-order valence-electron chi connectivity index (χ1n) is 12.3. The molecule has 2 fully saturated rings. The van der Waals surface area contributed by atoms with E-state index in [0.717, 1.165) is 44.6 Å². The number of benzene rings is 2. The molecule has 0 bridgehead atoms. The third kappa shape index (κ3) is 6.64. The third-order valence-corrected chi connectivity index (χ3v) is 7.07. The van der Waals surface area contributed by atoms with Crippen LogP contribution in [0.3, 0.4) is 0 Å². The van der Waals surface area contributed by atoms with Gasteiger partial charge in [0.25, 0.3) is 0 Å². The molecule has 2 saturated heterocycles. The Balaban J connectivity index is 1.33. The van der Waals surface area contributed by atoms with Gasteiger partial charge in [0.1, 0.15) is 6.04 Å². The summed E-state index contributed by atoms with van der Waals surface area (Å²) in [6, 6.07) is 14.6. The zero-order chi connectivity index (χ0) is 25.7. The van der Waals surface area contributed by atoms with Gasteiger partial charge in [0.2, 0.25) is 5.91 Å². The predicted molar refractivity (Wildman–Crippen MR) is 129 cm³/mol. The number of nitrogens with one attached hydrogen (secondary N) is 1. The molecule has 0 saturated carbocycles. The summed E-state index contributed by atoms with van der Waals surface area (Å²) in [5.41, 5.74) is 0.796. The largest absolute Gasteiger partial charge is 0.468 e. The van der Waals surface area contributed by atoms with Crippen LogP contribution in [0.1, 0.15) is 36.0 Å². The normalized spacial score (nSPS) is 21.9. The fraction of sp³-hybridized carbons (Fsp3) is 0.481. The van der Waals surface area contributed by atoms with Crippen molar-refractivity contribution < 1.29 is 27.5 Å². The number of alkyl halides is 3. The highest BCUT2D eigenvalue weighted by molar-refractivity contribution is 5.80. The highest BCUT2D eigenvalue weighted by Gasteiger charge is 2.42. The molecular weight excluding hydrogens is 471 g/mol. The fourth-order valence-corrected chi connectivity index (χ4v) is 5.31. The van der Waals surface area contributed by atoms with Crippen molar-refractivity contribution in [1.29, 1.82) is 0 Å². The zero-order valence-corrected chi connectivity index (χ0v) is 20.3. The second kappa shape index (κ2) is 11.4. The summed E-state index contributed by atoms with van der Waals surface area (Å²) in [6.45, 7) is 3.23. The Morgan fingerprint density at radius 2 is 1.72 bits per heavy atom. The van der Waals surface area contributed by atoms with Crippen molar-refractivity contribution in [2.24, 2.45) is 0 Å². The van der Waals surface area contributed by atoms with E-state index >= 15 is 0 Å². The Bertz CT molecular complexity index is 1040. The van der Waals surface area contributed by atoms with Gasteiger partial charge in [0.05, 0.1) is 19.1 Å². The molecule has 0 radical (unpaired) electrons. The SMILES string of the molecule is COC(=O)[C@@H]1C[C@@H](NC(=O)Cc2cccc(C(F)(F)F)c2)CN1C1CCN(Cc2ccccc2)CC1. The molecule has 0 spiro atoms. The molecule has 2 atom stereocenters. The molecule has 194 valence electrons. The number of halogens is 3. The Morgan fingerprint density at radius 3 is 2.39 bits per heavy atom. The number of amides is 1. The number of piperidine rings is 1. The number of carbonyl (C=O) groups is 2. The van der Waals surface area contributed by atoms with Gasteiger partial charge in [-0.25, -0.2) is 0 Å². The van der Waals surface area contributed by atoms with E-state index in [1.807, 2.05) is 18.2 Å². The lowest BCUT2D eigenvalue weighted by Crippen LogP contribution is -2.49.